The molecule has 3 aromatic carbocycles. The topological polar surface area (TPSA) is 95.1 Å². The van der Waals surface area contributed by atoms with E-state index in [2.05, 4.69) is 10.6 Å². The fourth-order valence-electron chi connectivity index (χ4n) is 3.86. The molecule has 0 saturated heterocycles. The van der Waals surface area contributed by atoms with Crippen molar-refractivity contribution in [1.29, 1.82) is 0 Å². The van der Waals surface area contributed by atoms with Crippen molar-refractivity contribution in [2.24, 2.45) is 0 Å². The van der Waals surface area contributed by atoms with Gasteiger partial charge < -0.3 is 29.6 Å². The number of hydrogen-bond acceptors (Lipinski definition) is 6. The third-order valence-electron chi connectivity index (χ3n) is 5.66. The van der Waals surface area contributed by atoms with Crippen LogP contribution in [0.2, 0.25) is 0 Å². The summed E-state index contributed by atoms with van der Waals surface area (Å²) in [5.74, 6) is 1.97. The monoisotopic (exact) mass is 474 g/mol. The Morgan fingerprint density at radius 3 is 1.86 bits per heavy atom. The average molecular weight is 475 g/mol. The fourth-order valence-corrected chi connectivity index (χ4v) is 3.86. The molecule has 0 spiro atoms. The van der Waals surface area contributed by atoms with Crippen LogP contribution in [0.25, 0.3) is 0 Å². The third-order valence-corrected chi connectivity index (χ3v) is 5.66. The van der Waals surface area contributed by atoms with Gasteiger partial charge in [0.05, 0.1) is 26.4 Å². The summed E-state index contributed by atoms with van der Waals surface area (Å²) in [5, 5.41) is 5.81. The number of nitrogens with one attached hydrogen (secondary N) is 2. The molecule has 0 bridgehead atoms. The number of hydrogen-bond donors (Lipinski definition) is 2. The summed E-state index contributed by atoms with van der Waals surface area (Å²) in [6, 6.07) is 17.7. The molecule has 0 saturated carbocycles. The molecule has 5 rings (SSSR count). The van der Waals surface area contributed by atoms with Gasteiger partial charge in [0.2, 0.25) is 0 Å². The van der Waals surface area contributed by atoms with Crippen LogP contribution < -0.4 is 29.6 Å². The Bertz CT molecular complexity index is 1240. The SMILES string of the molecule is O=C(NCc1cccc(NC(=O)c2ccc3c(c2)OCCCO3)c1)c1ccc2c(c1)OCCCO2. The predicted molar refractivity (Wildman–Crippen MR) is 130 cm³/mol. The molecular formula is C27H26N2O6. The van der Waals surface area contributed by atoms with Gasteiger partial charge in [-0.1, -0.05) is 12.1 Å². The van der Waals surface area contributed by atoms with Crippen LogP contribution in [0.3, 0.4) is 0 Å². The van der Waals surface area contributed by atoms with Crippen LogP contribution in [0.5, 0.6) is 23.0 Å². The van der Waals surface area contributed by atoms with Gasteiger partial charge in [0, 0.05) is 36.2 Å². The highest BCUT2D eigenvalue weighted by molar-refractivity contribution is 6.04. The Kier molecular flexibility index (Phi) is 6.70. The lowest BCUT2D eigenvalue weighted by molar-refractivity contribution is 0.0949. The molecular weight excluding hydrogens is 448 g/mol. The Morgan fingerprint density at radius 2 is 1.23 bits per heavy atom. The van der Waals surface area contributed by atoms with E-state index < -0.39 is 0 Å². The van der Waals surface area contributed by atoms with Crippen LogP contribution in [0.4, 0.5) is 5.69 Å². The van der Waals surface area contributed by atoms with Crippen LogP contribution in [0.1, 0.15) is 39.1 Å². The first kappa shape index (κ1) is 22.6. The summed E-state index contributed by atoms with van der Waals surface area (Å²) >= 11 is 0. The first-order valence-corrected chi connectivity index (χ1v) is 11.6. The largest absolute Gasteiger partial charge is 0.490 e. The minimum atomic E-state index is -0.256. The van der Waals surface area contributed by atoms with Gasteiger partial charge in [0.1, 0.15) is 0 Å². The highest BCUT2D eigenvalue weighted by atomic mass is 16.5. The minimum absolute atomic E-state index is 0.220. The number of carbonyl (C=O) groups is 2. The quantitative estimate of drug-likeness (QED) is 0.576. The van der Waals surface area contributed by atoms with Crippen LogP contribution in [-0.2, 0) is 6.54 Å². The Labute approximate surface area is 203 Å². The van der Waals surface area contributed by atoms with Crippen molar-refractivity contribution in [3.8, 4) is 23.0 Å². The molecule has 35 heavy (non-hydrogen) atoms. The summed E-state index contributed by atoms with van der Waals surface area (Å²) in [5.41, 5.74) is 2.45. The Balaban J connectivity index is 1.21. The zero-order valence-corrected chi connectivity index (χ0v) is 19.2. The summed E-state index contributed by atoms with van der Waals surface area (Å²) in [6.45, 7) is 2.61. The minimum Gasteiger partial charge on any atom is -0.490 e. The van der Waals surface area contributed by atoms with E-state index in [4.69, 9.17) is 18.9 Å². The number of anilines is 1. The Hall–Kier alpha value is -4.20. The molecule has 3 aromatic rings. The number of benzene rings is 3. The van der Waals surface area contributed by atoms with E-state index in [1.807, 2.05) is 18.2 Å². The van der Waals surface area contributed by atoms with E-state index >= 15 is 0 Å². The predicted octanol–water partition coefficient (Wildman–Crippen LogP) is 4.19. The van der Waals surface area contributed by atoms with Gasteiger partial charge in [-0.3, -0.25) is 9.59 Å². The lowest BCUT2D eigenvalue weighted by Gasteiger charge is -2.12. The molecule has 0 aliphatic carbocycles. The normalized spacial score (nSPS) is 14.3. The molecule has 2 aliphatic heterocycles. The zero-order valence-electron chi connectivity index (χ0n) is 19.2. The van der Waals surface area contributed by atoms with E-state index in [0.29, 0.717) is 72.8 Å². The first-order chi connectivity index (χ1) is 17.2. The lowest BCUT2D eigenvalue weighted by Crippen LogP contribution is -2.23. The van der Waals surface area contributed by atoms with E-state index in [0.717, 1.165) is 18.4 Å². The molecule has 8 heteroatoms. The van der Waals surface area contributed by atoms with E-state index in [1.165, 1.54) is 0 Å². The molecule has 2 N–H and O–H groups in total. The van der Waals surface area contributed by atoms with Crippen LogP contribution in [0.15, 0.2) is 60.7 Å². The van der Waals surface area contributed by atoms with Gasteiger partial charge >= 0.3 is 0 Å². The highest BCUT2D eigenvalue weighted by Gasteiger charge is 2.16. The maximum Gasteiger partial charge on any atom is 0.255 e. The molecule has 0 unspecified atom stereocenters. The standard InChI is InChI=1S/C27H26N2O6/c30-26(19-6-8-22-24(15-19)34-12-2-10-32-22)28-17-18-4-1-5-21(14-18)29-27(31)20-7-9-23-25(16-20)35-13-3-11-33-23/h1,4-9,14-16H,2-3,10-13,17H2,(H,28,30)(H,29,31). The summed E-state index contributed by atoms with van der Waals surface area (Å²) in [6.07, 6.45) is 1.60. The van der Waals surface area contributed by atoms with E-state index in [9.17, 15) is 9.59 Å². The van der Waals surface area contributed by atoms with Gasteiger partial charge in [-0.25, -0.2) is 0 Å². The maximum atomic E-state index is 12.8. The number of amides is 2. The van der Waals surface area contributed by atoms with Crippen molar-refractivity contribution in [2.75, 3.05) is 31.7 Å². The van der Waals surface area contributed by atoms with Crippen LogP contribution in [0, 0.1) is 0 Å². The average Bonchev–Trinajstić information content (AvgIpc) is 3.27. The number of carbonyl (C=O) groups excluding carboxylic acids is 2. The highest BCUT2D eigenvalue weighted by Crippen LogP contribution is 2.31. The van der Waals surface area contributed by atoms with Crippen molar-refractivity contribution < 1.29 is 28.5 Å². The molecule has 0 aromatic heterocycles. The third kappa shape index (κ3) is 5.48. The van der Waals surface area contributed by atoms with Crippen molar-refractivity contribution in [3.05, 3.63) is 77.4 Å². The maximum absolute atomic E-state index is 12.8. The Morgan fingerprint density at radius 1 is 0.657 bits per heavy atom. The van der Waals surface area contributed by atoms with Gasteiger partial charge in [0.25, 0.3) is 11.8 Å². The van der Waals surface area contributed by atoms with Crippen LogP contribution in [-0.4, -0.2) is 38.2 Å². The number of ether oxygens (including phenoxy) is 4. The smallest absolute Gasteiger partial charge is 0.255 e. The molecule has 2 heterocycles. The lowest BCUT2D eigenvalue weighted by atomic mass is 10.1. The number of fused-ring (bicyclic) bond motifs is 2. The molecule has 0 fully saturated rings. The number of rotatable bonds is 5. The summed E-state index contributed by atoms with van der Waals surface area (Å²) in [7, 11) is 0. The van der Waals surface area contributed by atoms with Crippen molar-refractivity contribution in [2.45, 2.75) is 19.4 Å². The molecule has 180 valence electrons. The van der Waals surface area contributed by atoms with Gasteiger partial charge in [-0.15, -0.1) is 0 Å². The van der Waals surface area contributed by atoms with E-state index in [-0.39, 0.29) is 11.8 Å². The molecule has 8 nitrogen and oxygen atoms in total. The van der Waals surface area contributed by atoms with E-state index in [1.54, 1.807) is 42.5 Å². The summed E-state index contributed by atoms with van der Waals surface area (Å²) in [4.78, 5) is 25.5. The van der Waals surface area contributed by atoms with Gasteiger partial charge in [0.15, 0.2) is 23.0 Å². The second kappa shape index (κ2) is 10.4. The van der Waals surface area contributed by atoms with Crippen molar-refractivity contribution >= 4 is 17.5 Å². The van der Waals surface area contributed by atoms with Crippen LogP contribution >= 0.6 is 0 Å². The van der Waals surface area contributed by atoms with Gasteiger partial charge in [-0.2, -0.15) is 0 Å². The van der Waals surface area contributed by atoms with Crippen molar-refractivity contribution in [1.82, 2.24) is 5.32 Å². The summed E-state index contributed by atoms with van der Waals surface area (Å²) < 4.78 is 22.6. The fraction of sp³-hybridized carbons (Fsp3) is 0.259. The molecule has 2 amide bonds. The zero-order chi connectivity index (χ0) is 24.0. The molecule has 0 atom stereocenters. The molecule has 0 radical (unpaired) electrons. The van der Waals surface area contributed by atoms with Gasteiger partial charge in [-0.05, 0) is 54.1 Å². The second-order valence-electron chi connectivity index (χ2n) is 8.26. The second-order valence-corrected chi connectivity index (χ2v) is 8.26. The van der Waals surface area contributed by atoms with Crippen molar-refractivity contribution in [3.63, 3.8) is 0 Å². The first-order valence-electron chi connectivity index (χ1n) is 11.6. The molecule has 2 aliphatic rings.